The second-order valence-corrected chi connectivity index (χ2v) is 8.61. The molecule has 0 saturated carbocycles. The molecule has 2 aromatic carbocycles. The summed E-state index contributed by atoms with van der Waals surface area (Å²) >= 11 is 12.0. The molecular weight excluding hydrogens is 447 g/mol. The molecule has 0 spiro atoms. The van der Waals surface area contributed by atoms with E-state index < -0.39 is 0 Å². The van der Waals surface area contributed by atoms with Gasteiger partial charge in [0.2, 0.25) is 0 Å². The van der Waals surface area contributed by atoms with Crippen LogP contribution in [0.2, 0.25) is 10.0 Å². The zero-order valence-corrected chi connectivity index (χ0v) is 20.1. The SMILES string of the molecule is CCN(CC)CCNC(=O)c1cc(NC(=O)c2ccc(Cl)c(Cl)c2)ccc1N1CCCC1. The summed E-state index contributed by atoms with van der Waals surface area (Å²) < 4.78 is 0. The number of nitrogens with zero attached hydrogens (tertiary/aromatic N) is 2. The summed E-state index contributed by atoms with van der Waals surface area (Å²) in [6.45, 7) is 9.33. The molecule has 0 aliphatic carbocycles. The maximum absolute atomic E-state index is 13.1. The van der Waals surface area contributed by atoms with E-state index in [2.05, 4.69) is 34.3 Å². The topological polar surface area (TPSA) is 64.7 Å². The molecule has 0 bridgehead atoms. The number of nitrogens with one attached hydrogen (secondary N) is 2. The summed E-state index contributed by atoms with van der Waals surface area (Å²) in [6, 6.07) is 10.2. The lowest BCUT2D eigenvalue weighted by Crippen LogP contribution is -2.35. The average molecular weight is 477 g/mol. The van der Waals surface area contributed by atoms with Gasteiger partial charge in [0.25, 0.3) is 11.8 Å². The zero-order chi connectivity index (χ0) is 23.1. The number of hydrogen-bond donors (Lipinski definition) is 2. The maximum Gasteiger partial charge on any atom is 0.255 e. The number of anilines is 2. The van der Waals surface area contributed by atoms with Crippen molar-refractivity contribution < 1.29 is 9.59 Å². The fourth-order valence-corrected chi connectivity index (χ4v) is 4.13. The van der Waals surface area contributed by atoms with Crippen LogP contribution in [0.1, 0.15) is 47.4 Å². The highest BCUT2D eigenvalue weighted by molar-refractivity contribution is 6.42. The van der Waals surface area contributed by atoms with Crippen LogP contribution in [-0.4, -0.2) is 56.0 Å². The second-order valence-electron chi connectivity index (χ2n) is 7.79. The average Bonchev–Trinajstić information content (AvgIpc) is 3.33. The number of carbonyl (C=O) groups is 2. The van der Waals surface area contributed by atoms with Crippen LogP contribution in [0.25, 0.3) is 0 Å². The van der Waals surface area contributed by atoms with Crippen molar-refractivity contribution >= 4 is 46.4 Å². The van der Waals surface area contributed by atoms with Crippen LogP contribution >= 0.6 is 23.2 Å². The first kappa shape index (κ1) is 24.4. The Morgan fingerprint density at radius 1 is 0.969 bits per heavy atom. The highest BCUT2D eigenvalue weighted by atomic mass is 35.5. The van der Waals surface area contributed by atoms with E-state index in [9.17, 15) is 9.59 Å². The molecule has 1 aliphatic rings. The summed E-state index contributed by atoms with van der Waals surface area (Å²) in [6.07, 6.45) is 2.22. The van der Waals surface area contributed by atoms with Gasteiger partial charge in [0, 0.05) is 43.1 Å². The molecule has 1 fully saturated rings. The van der Waals surface area contributed by atoms with Crippen molar-refractivity contribution in [3.63, 3.8) is 0 Å². The van der Waals surface area contributed by atoms with Crippen LogP contribution in [0.15, 0.2) is 36.4 Å². The van der Waals surface area contributed by atoms with Crippen LogP contribution in [0.3, 0.4) is 0 Å². The van der Waals surface area contributed by atoms with Crippen LogP contribution in [0.5, 0.6) is 0 Å². The lowest BCUT2D eigenvalue weighted by molar-refractivity contribution is 0.0948. The van der Waals surface area contributed by atoms with E-state index in [1.54, 1.807) is 18.2 Å². The monoisotopic (exact) mass is 476 g/mol. The third kappa shape index (κ3) is 6.15. The third-order valence-electron chi connectivity index (χ3n) is 5.74. The van der Waals surface area contributed by atoms with Crippen molar-refractivity contribution in [2.24, 2.45) is 0 Å². The standard InChI is InChI=1S/C24H30Cl2N4O2/c1-3-29(4-2)14-11-27-24(32)19-16-18(8-10-22(19)30-12-5-6-13-30)28-23(31)17-7-9-20(25)21(26)15-17/h7-10,15-16H,3-6,11-14H2,1-2H3,(H,27,32)(H,28,31). The maximum atomic E-state index is 13.1. The number of likely N-dealkylation sites (N-methyl/N-ethyl adjacent to an activating group) is 1. The van der Waals surface area contributed by atoms with Gasteiger partial charge in [0.05, 0.1) is 15.6 Å². The van der Waals surface area contributed by atoms with Crippen LogP contribution in [-0.2, 0) is 0 Å². The van der Waals surface area contributed by atoms with Gasteiger partial charge < -0.3 is 20.4 Å². The van der Waals surface area contributed by atoms with Gasteiger partial charge in [-0.25, -0.2) is 0 Å². The molecule has 2 aromatic rings. The summed E-state index contributed by atoms with van der Waals surface area (Å²) in [4.78, 5) is 30.2. The summed E-state index contributed by atoms with van der Waals surface area (Å²) in [5.41, 5.74) is 2.42. The zero-order valence-electron chi connectivity index (χ0n) is 18.6. The minimum atomic E-state index is -0.314. The Balaban J connectivity index is 1.78. The van der Waals surface area contributed by atoms with E-state index in [1.807, 2.05) is 12.1 Å². The summed E-state index contributed by atoms with van der Waals surface area (Å²) in [5.74, 6) is -0.449. The predicted molar refractivity (Wildman–Crippen MR) is 132 cm³/mol. The second kappa shape index (κ2) is 11.5. The fraction of sp³-hybridized carbons (Fsp3) is 0.417. The Morgan fingerprint density at radius 3 is 2.34 bits per heavy atom. The molecule has 6 nitrogen and oxygen atoms in total. The highest BCUT2D eigenvalue weighted by Gasteiger charge is 2.21. The number of rotatable bonds is 9. The lowest BCUT2D eigenvalue weighted by atomic mass is 10.1. The molecule has 0 radical (unpaired) electrons. The highest BCUT2D eigenvalue weighted by Crippen LogP contribution is 2.28. The van der Waals surface area contributed by atoms with Crippen LogP contribution in [0, 0.1) is 0 Å². The summed E-state index contributed by atoms with van der Waals surface area (Å²) in [5, 5.41) is 6.61. The Labute approximate surface area is 199 Å². The third-order valence-corrected chi connectivity index (χ3v) is 6.47. The van der Waals surface area contributed by atoms with Gasteiger partial charge in [0.1, 0.15) is 0 Å². The summed E-state index contributed by atoms with van der Waals surface area (Å²) in [7, 11) is 0. The molecule has 8 heteroatoms. The van der Waals surface area contributed by atoms with Crippen molar-refractivity contribution in [3.05, 3.63) is 57.6 Å². The normalized spacial score (nSPS) is 13.5. The predicted octanol–water partition coefficient (Wildman–Crippen LogP) is 4.92. The van der Waals surface area contributed by atoms with E-state index in [-0.39, 0.29) is 11.8 Å². The molecule has 2 amide bonds. The van der Waals surface area contributed by atoms with Gasteiger partial charge in [-0.05, 0) is 62.3 Å². The lowest BCUT2D eigenvalue weighted by Gasteiger charge is -2.23. The Kier molecular flexibility index (Phi) is 8.79. The van der Waals surface area contributed by atoms with Crippen molar-refractivity contribution in [2.45, 2.75) is 26.7 Å². The van der Waals surface area contributed by atoms with E-state index in [4.69, 9.17) is 23.2 Å². The molecule has 1 saturated heterocycles. The van der Waals surface area contributed by atoms with Crippen molar-refractivity contribution in [1.29, 1.82) is 0 Å². The van der Waals surface area contributed by atoms with Crippen LogP contribution in [0.4, 0.5) is 11.4 Å². The van der Waals surface area contributed by atoms with E-state index in [0.29, 0.717) is 33.4 Å². The largest absolute Gasteiger partial charge is 0.371 e. The minimum Gasteiger partial charge on any atom is -0.371 e. The fourth-order valence-electron chi connectivity index (χ4n) is 3.83. The van der Waals surface area contributed by atoms with Gasteiger partial charge in [0.15, 0.2) is 0 Å². The molecule has 2 N–H and O–H groups in total. The number of amides is 2. The molecule has 1 aliphatic heterocycles. The molecule has 172 valence electrons. The first-order chi connectivity index (χ1) is 15.4. The smallest absolute Gasteiger partial charge is 0.255 e. The molecule has 0 aromatic heterocycles. The molecular formula is C24H30Cl2N4O2. The van der Waals surface area contributed by atoms with Gasteiger partial charge >= 0.3 is 0 Å². The number of halogens is 2. The van der Waals surface area contributed by atoms with E-state index >= 15 is 0 Å². The Bertz CT molecular complexity index is 957. The first-order valence-electron chi connectivity index (χ1n) is 11.1. The first-order valence-corrected chi connectivity index (χ1v) is 11.8. The molecule has 0 unspecified atom stereocenters. The minimum absolute atomic E-state index is 0.135. The van der Waals surface area contributed by atoms with Gasteiger partial charge in [-0.15, -0.1) is 0 Å². The quantitative estimate of drug-likeness (QED) is 0.539. The van der Waals surface area contributed by atoms with Crippen LogP contribution < -0.4 is 15.5 Å². The molecule has 32 heavy (non-hydrogen) atoms. The van der Waals surface area contributed by atoms with Gasteiger partial charge in [-0.2, -0.15) is 0 Å². The molecule has 1 heterocycles. The number of benzene rings is 2. The Morgan fingerprint density at radius 2 is 1.69 bits per heavy atom. The van der Waals surface area contributed by atoms with Gasteiger partial charge in [-0.3, -0.25) is 9.59 Å². The van der Waals surface area contributed by atoms with Crippen molar-refractivity contribution in [3.8, 4) is 0 Å². The van der Waals surface area contributed by atoms with E-state index in [1.165, 1.54) is 6.07 Å². The molecule has 3 rings (SSSR count). The Hall–Kier alpha value is -2.28. The van der Waals surface area contributed by atoms with Crippen molar-refractivity contribution in [1.82, 2.24) is 10.2 Å². The van der Waals surface area contributed by atoms with Crippen molar-refractivity contribution in [2.75, 3.05) is 49.5 Å². The number of hydrogen-bond acceptors (Lipinski definition) is 4. The van der Waals surface area contributed by atoms with E-state index in [0.717, 1.165) is 51.3 Å². The molecule has 0 atom stereocenters. The number of carbonyl (C=O) groups excluding carboxylic acids is 2. The van der Waals surface area contributed by atoms with Gasteiger partial charge in [-0.1, -0.05) is 37.0 Å².